The largest absolute Gasteiger partial charge is 0.374 e. The van der Waals surface area contributed by atoms with Crippen LogP contribution in [0.25, 0.3) is 0 Å². The minimum absolute atomic E-state index is 0.127. The second-order valence-corrected chi connectivity index (χ2v) is 5.27. The molecular weight excluding hydrogens is 256 g/mol. The number of hydrogen-bond acceptors (Lipinski definition) is 4. The third kappa shape index (κ3) is 4.28. The van der Waals surface area contributed by atoms with Crippen LogP contribution in [0, 0.1) is 10.1 Å². The van der Waals surface area contributed by atoms with Crippen molar-refractivity contribution in [2.24, 2.45) is 0 Å². The molecule has 0 heterocycles. The standard InChI is InChI=1S/C15H22N2O3/c1-2-16-13-6-8-15(9-7-13)20-11-12-4-3-5-14(10-12)17(18)19/h3-5,10,13,15-16H,2,6-9,11H2,1H3. The van der Waals surface area contributed by atoms with Gasteiger partial charge in [0.15, 0.2) is 0 Å². The Kier molecular flexibility index (Phi) is 5.49. The number of ether oxygens (including phenoxy) is 1. The number of rotatable bonds is 6. The third-order valence-corrected chi connectivity index (χ3v) is 3.77. The number of non-ortho nitro benzene ring substituents is 1. The Morgan fingerprint density at radius 3 is 2.75 bits per heavy atom. The molecule has 1 aromatic rings. The van der Waals surface area contributed by atoms with Crippen LogP contribution in [0.15, 0.2) is 24.3 Å². The Hall–Kier alpha value is -1.46. The van der Waals surface area contributed by atoms with E-state index >= 15 is 0 Å². The van der Waals surface area contributed by atoms with Gasteiger partial charge in [-0.05, 0) is 37.8 Å². The van der Waals surface area contributed by atoms with Gasteiger partial charge in [-0.3, -0.25) is 10.1 Å². The topological polar surface area (TPSA) is 64.4 Å². The van der Waals surface area contributed by atoms with Gasteiger partial charge in [0, 0.05) is 18.2 Å². The number of nitrogens with zero attached hydrogens (tertiary/aromatic N) is 1. The lowest BCUT2D eigenvalue weighted by molar-refractivity contribution is -0.385. The van der Waals surface area contributed by atoms with E-state index in [1.807, 2.05) is 6.07 Å². The maximum Gasteiger partial charge on any atom is 0.269 e. The Labute approximate surface area is 119 Å². The zero-order chi connectivity index (χ0) is 14.4. The van der Waals surface area contributed by atoms with Crippen molar-refractivity contribution in [3.05, 3.63) is 39.9 Å². The van der Waals surface area contributed by atoms with Crippen LogP contribution in [0.4, 0.5) is 5.69 Å². The smallest absolute Gasteiger partial charge is 0.269 e. The predicted molar refractivity (Wildman–Crippen MR) is 77.6 cm³/mol. The van der Waals surface area contributed by atoms with Crippen LogP contribution in [-0.4, -0.2) is 23.6 Å². The SMILES string of the molecule is CCNC1CCC(OCc2cccc([N+](=O)[O-])c2)CC1. The highest BCUT2D eigenvalue weighted by Crippen LogP contribution is 2.23. The van der Waals surface area contributed by atoms with Crippen molar-refractivity contribution in [1.29, 1.82) is 0 Å². The fourth-order valence-electron chi connectivity index (χ4n) is 2.70. The molecule has 0 atom stereocenters. The minimum atomic E-state index is -0.370. The molecule has 0 radical (unpaired) electrons. The first kappa shape index (κ1) is 14.9. The first-order valence-corrected chi connectivity index (χ1v) is 7.27. The Morgan fingerprint density at radius 2 is 2.10 bits per heavy atom. The average Bonchev–Trinajstić information content (AvgIpc) is 2.47. The summed E-state index contributed by atoms with van der Waals surface area (Å²) in [5.41, 5.74) is 0.995. The van der Waals surface area contributed by atoms with Crippen LogP contribution in [0.5, 0.6) is 0 Å². The van der Waals surface area contributed by atoms with E-state index in [2.05, 4.69) is 12.2 Å². The van der Waals surface area contributed by atoms with Crippen LogP contribution >= 0.6 is 0 Å². The zero-order valence-electron chi connectivity index (χ0n) is 11.9. The lowest BCUT2D eigenvalue weighted by atomic mass is 9.93. The maximum atomic E-state index is 10.7. The summed E-state index contributed by atoms with van der Waals surface area (Å²) in [6.07, 6.45) is 4.70. The van der Waals surface area contributed by atoms with Gasteiger partial charge in [-0.25, -0.2) is 0 Å². The van der Waals surface area contributed by atoms with Gasteiger partial charge in [0.25, 0.3) is 5.69 Å². The van der Waals surface area contributed by atoms with Crippen molar-refractivity contribution in [2.75, 3.05) is 6.54 Å². The van der Waals surface area contributed by atoms with Crippen molar-refractivity contribution in [3.8, 4) is 0 Å². The van der Waals surface area contributed by atoms with E-state index < -0.39 is 0 Å². The summed E-state index contributed by atoms with van der Waals surface area (Å²) in [4.78, 5) is 10.3. The van der Waals surface area contributed by atoms with Crippen LogP contribution in [0.2, 0.25) is 0 Å². The van der Waals surface area contributed by atoms with Gasteiger partial charge in [0.1, 0.15) is 0 Å². The van der Waals surface area contributed by atoms with Crippen molar-refractivity contribution in [2.45, 2.75) is 51.4 Å². The Morgan fingerprint density at radius 1 is 1.35 bits per heavy atom. The molecule has 1 aliphatic carbocycles. The summed E-state index contributed by atoms with van der Waals surface area (Å²) in [6.45, 7) is 3.60. The second-order valence-electron chi connectivity index (χ2n) is 5.27. The maximum absolute atomic E-state index is 10.7. The van der Waals surface area contributed by atoms with E-state index in [-0.39, 0.29) is 16.7 Å². The van der Waals surface area contributed by atoms with Crippen molar-refractivity contribution in [1.82, 2.24) is 5.32 Å². The zero-order valence-corrected chi connectivity index (χ0v) is 11.9. The molecule has 2 rings (SSSR count). The second kappa shape index (κ2) is 7.36. The highest BCUT2D eigenvalue weighted by Gasteiger charge is 2.20. The minimum Gasteiger partial charge on any atom is -0.374 e. The Balaban J connectivity index is 1.78. The van der Waals surface area contributed by atoms with E-state index in [1.54, 1.807) is 12.1 Å². The molecule has 110 valence electrons. The molecule has 1 aromatic carbocycles. The summed E-state index contributed by atoms with van der Waals surface area (Å²) < 4.78 is 5.88. The highest BCUT2D eigenvalue weighted by atomic mass is 16.6. The molecule has 0 aromatic heterocycles. The highest BCUT2D eigenvalue weighted by molar-refractivity contribution is 5.33. The molecule has 1 N–H and O–H groups in total. The molecule has 0 amide bonds. The van der Waals surface area contributed by atoms with Gasteiger partial charge < -0.3 is 10.1 Å². The molecule has 0 bridgehead atoms. The van der Waals surface area contributed by atoms with Gasteiger partial charge in [0.2, 0.25) is 0 Å². The summed E-state index contributed by atoms with van der Waals surface area (Å²) in [5, 5.41) is 14.2. The van der Waals surface area contributed by atoms with E-state index in [1.165, 1.54) is 6.07 Å². The van der Waals surface area contributed by atoms with Gasteiger partial charge in [-0.2, -0.15) is 0 Å². The third-order valence-electron chi connectivity index (χ3n) is 3.77. The number of nitro groups is 1. The number of hydrogen-bond donors (Lipinski definition) is 1. The van der Waals surface area contributed by atoms with Crippen molar-refractivity contribution < 1.29 is 9.66 Å². The first-order chi connectivity index (χ1) is 9.69. The lowest BCUT2D eigenvalue weighted by Gasteiger charge is -2.29. The molecular formula is C15H22N2O3. The van der Waals surface area contributed by atoms with Crippen molar-refractivity contribution in [3.63, 3.8) is 0 Å². The fraction of sp³-hybridized carbons (Fsp3) is 0.600. The average molecular weight is 278 g/mol. The van der Waals surface area contributed by atoms with Crippen LogP contribution < -0.4 is 5.32 Å². The molecule has 1 fully saturated rings. The quantitative estimate of drug-likeness (QED) is 0.641. The number of benzene rings is 1. The molecule has 0 unspecified atom stereocenters. The molecule has 1 aliphatic rings. The lowest BCUT2D eigenvalue weighted by Crippen LogP contribution is -2.35. The van der Waals surface area contributed by atoms with Crippen molar-refractivity contribution >= 4 is 5.69 Å². The fourth-order valence-corrected chi connectivity index (χ4v) is 2.70. The van der Waals surface area contributed by atoms with E-state index in [0.717, 1.165) is 37.8 Å². The molecule has 0 saturated heterocycles. The van der Waals surface area contributed by atoms with E-state index in [9.17, 15) is 10.1 Å². The monoisotopic (exact) mass is 278 g/mol. The summed E-state index contributed by atoms with van der Waals surface area (Å²) >= 11 is 0. The van der Waals surface area contributed by atoms with Gasteiger partial charge in [-0.15, -0.1) is 0 Å². The first-order valence-electron chi connectivity index (χ1n) is 7.27. The van der Waals surface area contributed by atoms with Crippen LogP contribution in [0.1, 0.15) is 38.2 Å². The molecule has 0 spiro atoms. The molecule has 0 aliphatic heterocycles. The molecule has 5 nitrogen and oxygen atoms in total. The van der Waals surface area contributed by atoms with Gasteiger partial charge in [-0.1, -0.05) is 19.1 Å². The molecule has 20 heavy (non-hydrogen) atoms. The molecule has 5 heteroatoms. The summed E-state index contributed by atoms with van der Waals surface area (Å²) in [5.74, 6) is 0. The van der Waals surface area contributed by atoms with Gasteiger partial charge in [0.05, 0.1) is 17.6 Å². The van der Waals surface area contributed by atoms with Crippen LogP contribution in [0.3, 0.4) is 0 Å². The van der Waals surface area contributed by atoms with E-state index in [0.29, 0.717) is 12.6 Å². The normalized spacial score (nSPS) is 22.6. The van der Waals surface area contributed by atoms with Gasteiger partial charge >= 0.3 is 0 Å². The molecule has 1 saturated carbocycles. The number of nitro benzene ring substituents is 1. The van der Waals surface area contributed by atoms with E-state index in [4.69, 9.17) is 4.74 Å². The summed E-state index contributed by atoms with van der Waals surface area (Å²) in [6, 6.07) is 7.30. The Bertz CT molecular complexity index is 442. The predicted octanol–water partition coefficient (Wildman–Crippen LogP) is 3.03. The van der Waals surface area contributed by atoms with Crippen LogP contribution in [-0.2, 0) is 11.3 Å². The summed E-state index contributed by atoms with van der Waals surface area (Å²) in [7, 11) is 0. The number of nitrogens with one attached hydrogen (secondary N) is 1.